The fraction of sp³-hybridized carbons (Fsp3) is 0.429. The van der Waals surface area contributed by atoms with Crippen LogP contribution < -0.4 is 5.32 Å². The van der Waals surface area contributed by atoms with Gasteiger partial charge in [0, 0.05) is 13.0 Å². The zero-order valence-electron chi connectivity index (χ0n) is 10.6. The Bertz CT molecular complexity index is 488. The molecule has 2 rings (SSSR count). The van der Waals surface area contributed by atoms with Crippen LogP contribution >= 0.6 is 11.3 Å². The first-order valence-corrected chi connectivity index (χ1v) is 7.22. The molecule has 4 heteroatoms. The Labute approximate surface area is 111 Å². The molecule has 0 unspecified atom stereocenters. The highest BCUT2D eigenvalue weighted by molar-refractivity contribution is 7.18. The van der Waals surface area contributed by atoms with Gasteiger partial charge in [0.05, 0.1) is 15.2 Å². The molecule has 3 nitrogen and oxygen atoms in total. The lowest BCUT2D eigenvalue weighted by Gasteiger charge is -2.01. The first kappa shape index (κ1) is 13.0. The number of nitrogens with one attached hydrogen (secondary N) is 1. The van der Waals surface area contributed by atoms with Gasteiger partial charge in [-0.1, -0.05) is 19.1 Å². The second-order valence-corrected chi connectivity index (χ2v) is 5.39. The molecule has 1 amide bonds. The zero-order valence-corrected chi connectivity index (χ0v) is 11.4. The van der Waals surface area contributed by atoms with E-state index in [9.17, 15) is 4.79 Å². The summed E-state index contributed by atoms with van der Waals surface area (Å²) in [6.45, 7) is 2.83. The van der Waals surface area contributed by atoms with Gasteiger partial charge in [-0.2, -0.15) is 0 Å². The van der Waals surface area contributed by atoms with E-state index in [0.29, 0.717) is 6.42 Å². The highest BCUT2D eigenvalue weighted by Gasteiger charge is 2.05. The van der Waals surface area contributed by atoms with Gasteiger partial charge < -0.3 is 5.32 Å². The van der Waals surface area contributed by atoms with Gasteiger partial charge in [0.1, 0.15) is 0 Å². The smallest absolute Gasteiger partial charge is 0.220 e. The van der Waals surface area contributed by atoms with E-state index in [-0.39, 0.29) is 5.91 Å². The fourth-order valence-corrected chi connectivity index (χ4v) is 2.79. The summed E-state index contributed by atoms with van der Waals surface area (Å²) in [4.78, 5) is 16.0. The topological polar surface area (TPSA) is 42.0 Å². The summed E-state index contributed by atoms with van der Waals surface area (Å²) in [5.41, 5.74) is 1.06. The van der Waals surface area contributed by atoms with Crippen molar-refractivity contribution >= 4 is 27.5 Å². The van der Waals surface area contributed by atoms with Crippen molar-refractivity contribution in [2.75, 3.05) is 6.54 Å². The van der Waals surface area contributed by atoms with Crippen LogP contribution in [0.3, 0.4) is 0 Å². The summed E-state index contributed by atoms with van der Waals surface area (Å²) in [5.74, 6) is 0.151. The third-order valence-electron chi connectivity index (χ3n) is 2.70. The number of carbonyl (C=O) groups excluding carboxylic acids is 1. The zero-order chi connectivity index (χ0) is 12.8. The summed E-state index contributed by atoms with van der Waals surface area (Å²) in [6, 6.07) is 8.15. The number of fused-ring (bicyclic) bond motifs is 1. The minimum Gasteiger partial charge on any atom is -0.356 e. The highest BCUT2D eigenvalue weighted by atomic mass is 32.1. The van der Waals surface area contributed by atoms with Crippen molar-refractivity contribution in [3.63, 3.8) is 0 Å². The van der Waals surface area contributed by atoms with E-state index >= 15 is 0 Å². The van der Waals surface area contributed by atoms with E-state index in [0.717, 1.165) is 36.3 Å². The largest absolute Gasteiger partial charge is 0.356 e. The number of hydrogen-bond acceptors (Lipinski definition) is 3. The van der Waals surface area contributed by atoms with Gasteiger partial charge in [-0.05, 0) is 31.4 Å². The van der Waals surface area contributed by atoms with Gasteiger partial charge in [-0.15, -0.1) is 11.3 Å². The summed E-state index contributed by atoms with van der Waals surface area (Å²) >= 11 is 1.72. The lowest BCUT2D eigenvalue weighted by atomic mass is 10.2. The molecule has 0 atom stereocenters. The van der Waals surface area contributed by atoms with Crippen molar-refractivity contribution in [1.82, 2.24) is 10.3 Å². The van der Waals surface area contributed by atoms with Crippen molar-refractivity contribution in [3.8, 4) is 0 Å². The third kappa shape index (κ3) is 3.53. The number of aryl methyl sites for hydroxylation is 1. The lowest BCUT2D eigenvalue weighted by molar-refractivity contribution is -0.121. The second-order valence-electron chi connectivity index (χ2n) is 4.28. The molecule has 1 heterocycles. The molecule has 0 aliphatic carbocycles. The van der Waals surface area contributed by atoms with E-state index in [1.807, 2.05) is 18.2 Å². The molecular weight excluding hydrogens is 244 g/mol. The van der Waals surface area contributed by atoms with Crippen LogP contribution in [0.15, 0.2) is 24.3 Å². The molecule has 0 saturated heterocycles. The Balaban J connectivity index is 1.81. The molecule has 2 aromatic rings. The van der Waals surface area contributed by atoms with Gasteiger partial charge in [-0.25, -0.2) is 4.98 Å². The number of nitrogens with zero attached hydrogens (tertiary/aromatic N) is 1. The number of benzene rings is 1. The molecule has 1 aromatic carbocycles. The van der Waals surface area contributed by atoms with Gasteiger partial charge in [0.15, 0.2) is 0 Å². The SMILES string of the molecule is CCCNC(=O)CCCc1nc2ccccc2s1. The number of amides is 1. The third-order valence-corrected chi connectivity index (χ3v) is 3.80. The maximum absolute atomic E-state index is 11.4. The van der Waals surface area contributed by atoms with Crippen LogP contribution in [-0.2, 0) is 11.2 Å². The lowest BCUT2D eigenvalue weighted by Crippen LogP contribution is -2.23. The number of para-hydroxylation sites is 1. The number of aromatic nitrogens is 1. The second kappa shape index (κ2) is 6.50. The quantitative estimate of drug-likeness (QED) is 0.869. The number of hydrogen-bond donors (Lipinski definition) is 1. The van der Waals surface area contributed by atoms with Crippen molar-refractivity contribution in [1.29, 1.82) is 0 Å². The van der Waals surface area contributed by atoms with Crippen LogP contribution in [0.2, 0.25) is 0 Å². The molecule has 0 aliphatic heterocycles. The number of carbonyl (C=O) groups is 1. The Hall–Kier alpha value is -1.42. The van der Waals surface area contributed by atoms with Gasteiger partial charge >= 0.3 is 0 Å². The maximum atomic E-state index is 11.4. The molecule has 0 fully saturated rings. The Morgan fingerprint density at radius 1 is 1.39 bits per heavy atom. The monoisotopic (exact) mass is 262 g/mol. The molecule has 0 aliphatic rings. The molecule has 1 N–H and O–H groups in total. The molecule has 96 valence electrons. The average molecular weight is 262 g/mol. The summed E-state index contributed by atoms with van der Waals surface area (Å²) in [5, 5.41) is 4.01. The van der Waals surface area contributed by atoms with Gasteiger partial charge in [0.2, 0.25) is 5.91 Å². The molecule has 1 aromatic heterocycles. The van der Waals surface area contributed by atoms with E-state index < -0.39 is 0 Å². The van der Waals surface area contributed by atoms with Crippen LogP contribution in [0, 0.1) is 0 Å². The van der Waals surface area contributed by atoms with Crippen LogP contribution in [-0.4, -0.2) is 17.4 Å². The molecule has 0 spiro atoms. The first-order valence-electron chi connectivity index (χ1n) is 6.40. The maximum Gasteiger partial charge on any atom is 0.220 e. The molecule has 0 radical (unpaired) electrons. The van der Waals surface area contributed by atoms with Crippen LogP contribution in [0.25, 0.3) is 10.2 Å². The molecule has 0 saturated carbocycles. The predicted octanol–water partition coefficient (Wildman–Crippen LogP) is 3.15. The van der Waals surface area contributed by atoms with Crippen molar-refractivity contribution in [3.05, 3.63) is 29.3 Å². The number of thiazole rings is 1. The average Bonchev–Trinajstić information content (AvgIpc) is 2.79. The van der Waals surface area contributed by atoms with E-state index in [1.165, 1.54) is 4.70 Å². The molecular formula is C14H18N2OS. The van der Waals surface area contributed by atoms with Crippen LogP contribution in [0.4, 0.5) is 0 Å². The molecule has 18 heavy (non-hydrogen) atoms. The normalized spacial score (nSPS) is 10.7. The summed E-state index contributed by atoms with van der Waals surface area (Å²) < 4.78 is 1.22. The Morgan fingerprint density at radius 2 is 2.22 bits per heavy atom. The van der Waals surface area contributed by atoms with E-state index in [4.69, 9.17) is 0 Å². The minimum atomic E-state index is 0.151. The minimum absolute atomic E-state index is 0.151. The van der Waals surface area contributed by atoms with Crippen LogP contribution in [0.1, 0.15) is 31.2 Å². The van der Waals surface area contributed by atoms with Crippen LogP contribution in [0.5, 0.6) is 0 Å². The van der Waals surface area contributed by atoms with Gasteiger partial charge in [-0.3, -0.25) is 4.79 Å². The summed E-state index contributed by atoms with van der Waals surface area (Å²) in [6.07, 6.45) is 3.34. The van der Waals surface area contributed by atoms with Crippen molar-refractivity contribution in [2.24, 2.45) is 0 Å². The van der Waals surface area contributed by atoms with Crippen molar-refractivity contribution in [2.45, 2.75) is 32.6 Å². The van der Waals surface area contributed by atoms with Crippen molar-refractivity contribution < 1.29 is 4.79 Å². The Morgan fingerprint density at radius 3 is 3.00 bits per heavy atom. The standard InChI is InChI=1S/C14H18N2OS/c1-2-10-15-13(17)8-5-9-14-16-11-6-3-4-7-12(11)18-14/h3-4,6-7H,2,5,8-10H2,1H3,(H,15,17). The first-order chi connectivity index (χ1) is 8.79. The predicted molar refractivity (Wildman–Crippen MR) is 75.9 cm³/mol. The molecule has 0 bridgehead atoms. The van der Waals surface area contributed by atoms with Gasteiger partial charge in [0.25, 0.3) is 0 Å². The summed E-state index contributed by atoms with van der Waals surface area (Å²) in [7, 11) is 0. The Kier molecular flexibility index (Phi) is 4.70. The highest BCUT2D eigenvalue weighted by Crippen LogP contribution is 2.22. The fourth-order valence-electron chi connectivity index (χ4n) is 1.78. The van der Waals surface area contributed by atoms with E-state index in [1.54, 1.807) is 11.3 Å². The van der Waals surface area contributed by atoms with E-state index in [2.05, 4.69) is 23.3 Å². The number of rotatable bonds is 6.